The normalized spacial score (nSPS) is 12.8. The van der Waals surface area contributed by atoms with Gasteiger partial charge in [0.2, 0.25) is 0 Å². The van der Waals surface area contributed by atoms with Gasteiger partial charge in [-0.15, -0.1) is 0 Å². The van der Waals surface area contributed by atoms with Crippen molar-refractivity contribution in [1.29, 1.82) is 0 Å². The van der Waals surface area contributed by atoms with Gasteiger partial charge in [-0.25, -0.2) is 0 Å². The van der Waals surface area contributed by atoms with Crippen LogP contribution in [-0.2, 0) is 31.5 Å². The topological polar surface area (TPSA) is 105 Å². The molecule has 664 valence electrons. The minimum atomic E-state index is -6.12. The Kier molecular flexibility index (Phi) is 82.9. The fourth-order valence-electron chi connectivity index (χ4n) is 16.9. The Balaban J connectivity index is 6.99. The molecule has 0 saturated carbocycles. The fraction of sp³-hybridized carbons (Fsp3) is 0.885. The third-order valence-corrected chi connectivity index (χ3v) is 29.8. The number of hydrogen-bond donors (Lipinski definition) is 0. The van der Waals surface area contributed by atoms with Gasteiger partial charge in [0.15, 0.2) is 0 Å². The zero-order valence-corrected chi connectivity index (χ0v) is 81.2. The maximum atomic E-state index is 14.4. The van der Waals surface area contributed by atoms with Gasteiger partial charge in [-0.2, -0.15) is 0 Å². The molecular weight excluding hydrogens is 1500 g/mol. The summed E-state index contributed by atoms with van der Waals surface area (Å²) in [7, 11) is 0. The molecule has 0 aromatic heterocycles. The van der Waals surface area contributed by atoms with Gasteiger partial charge in [-0.1, -0.05) is 263 Å². The van der Waals surface area contributed by atoms with Gasteiger partial charge in [-0.3, -0.25) is 0 Å². The molecule has 0 aromatic carbocycles. The summed E-state index contributed by atoms with van der Waals surface area (Å²) in [4.78, 5) is 57.7. The van der Waals surface area contributed by atoms with Crippen molar-refractivity contribution >= 4 is 43.9 Å². The first-order chi connectivity index (χ1) is 55.3. The van der Waals surface area contributed by atoms with Gasteiger partial charge in [-0.05, 0) is 51.4 Å². The second-order valence-electron chi connectivity index (χ2n) is 35.2. The Morgan fingerprint density at radius 2 is 0.230 bits per heavy atom. The second kappa shape index (κ2) is 84.6. The van der Waals surface area contributed by atoms with Crippen molar-refractivity contribution < 1.29 is 31.5 Å². The molecule has 113 heavy (non-hydrogen) atoms. The molecular formula is C104H196O8Sn. The minimum absolute atomic E-state index is 0.0733. The Bertz CT molecular complexity index is 1990. The van der Waals surface area contributed by atoms with Crippen LogP contribution < -0.4 is 0 Å². The molecule has 0 aliphatic heterocycles. The Morgan fingerprint density at radius 1 is 0.133 bits per heavy atom. The van der Waals surface area contributed by atoms with Crippen LogP contribution in [-0.4, -0.2) is 43.9 Å². The van der Waals surface area contributed by atoms with Crippen molar-refractivity contribution in [3.05, 3.63) is 44.6 Å². The monoisotopic (exact) mass is 1690 g/mol. The van der Waals surface area contributed by atoms with Crippen LogP contribution in [0.15, 0.2) is 44.6 Å². The van der Waals surface area contributed by atoms with Gasteiger partial charge in [0.1, 0.15) is 0 Å². The smallest absolute Gasteiger partial charge is 0.0654 e. The first-order valence-electron chi connectivity index (χ1n) is 51.0. The van der Waals surface area contributed by atoms with Gasteiger partial charge in [0.05, 0.1) is 0 Å². The van der Waals surface area contributed by atoms with Crippen LogP contribution in [0.5, 0.6) is 0 Å². The van der Waals surface area contributed by atoms with Crippen LogP contribution >= 0.6 is 0 Å². The van der Waals surface area contributed by atoms with Crippen LogP contribution in [0.1, 0.15) is 597 Å². The van der Waals surface area contributed by atoms with E-state index in [0.717, 1.165) is 103 Å². The molecule has 0 heterocycles. The molecule has 0 spiro atoms. The van der Waals surface area contributed by atoms with Crippen molar-refractivity contribution in [1.82, 2.24) is 0 Å². The fourth-order valence-corrected chi connectivity index (χ4v) is 21.9. The third-order valence-electron chi connectivity index (χ3n) is 24.4. The Morgan fingerprint density at radius 3 is 0.354 bits per heavy atom. The molecule has 9 heteroatoms. The molecule has 0 fully saturated rings. The number of carbonyl (C=O) groups is 4. The molecule has 0 atom stereocenters. The summed E-state index contributed by atoms with van der Waals surface area (Å²) in [6.07, 6.45) is 90.5. The summed E-state index contributed by atoms with van der Waals surface area (Å²) in [6.45, 7) is 27.7. The van der Waals surface area contributed by atoms with E-state index in [0.29, 0.717) is 25.7 Å². The molecule has 0 bridgehead atoms. The summed E-state index contributed by atoms with van der Waals surface area (Å²) in [6, 6.07) is 0. The van der Waals surface area contributed by atoms with Crippen LogP contribution in [0, 0.1) is 0 Å². The molecule has 8 nitrogen and oxygen atoms in total. The molecule has 0 aromatic rings. The third kappa shape index (κ3) is 67.1. The molecule has 0 unspecified atom stereocenters. The quantitative estimate of drug-likeness (QED) is 0.0337. The van der Waals surface area contributed by atoms with Crippen LogP contribution in [0.3, 0.4) is 0 Å². The van der Waals surface area contributed by atoms with E-state index in [9.17, 15) is 19.2 Å². The van der Waals surface area contributed by atoms with E-state index < -0.39 is 43.9 Å². The number of allylic oxidation sites excluding steroid dienone is 8. The predicted octanol–water partition coefficient (Wildman–Crippen LogP) is 36.2. The van der Waals surface area contributed by atoms with E-state index in [1.165, 1.54) is 360 Å². The molecule has 0 amide bonds. The summed E-state index contributed by atoms with van der Waals surface area (Å²) >= 11 is -6.12. The van der Waals surface area contributed by atoms with E-state index in [4.69, 9.17) is 12.3 Å². The summed E-state index contributed by atoms with van der Waals surface area (Å²) in [5.74, 6) is -2.44. The van der Waals surface area contributed by atoms with E-state index in [1.807, 2.05) is 0 Å². The number of rotatable bonds is 88. The SMILES string of the molecule is CCCCCCCC/C(CCCC)=C(/CCCC)CCCCCCCC(=O)[O][Sn]([O]C(=O)CCCCCCC/C(CCCC)=C(/CCCC)CCCCCCCC)([O]C(=O)CCCCCCC/C(CCCC)=C(/CCCC)CCCCCCCC)[O]C(=O)CCCCCCC/C(CCCC)=C(/CCCC)CCCCCCCC. The van der Waals surface area contributed by atoms with Gasteiger partial charge in [0.25, 0.3) is 0 Å². The maximum absolute atomic E-state index is 14.4. The first-order valence-corrected chi connectivity index (χ1v) is 55.7. The first kappa shape index (κ1) is 111. The van der Waals surface area contributed by atoms with Crippen molar-refractivity contribution in [2.75, 3.05) is 0 Å². The van der Waals surface area contributed by atoms with Crippen molar-refractivity contribution in [3.8, 4) is 0 Å². The van der Waals surface area contributed by atoms with Gasteiger partial charge >= 0.3 is 402 Å². The van der Waals surface area contributed by atoms with E-state index >= 15 is 0 Å². The molecule has 0 saturated heterocycles. The second-order valence-corrected chi connectivity index (χ2v) is 40.4. The van der Waals surface area contributed by atoms with Crippen LogP contribution in [0.2, 0.25) is 0 Å². The predicted molar refractivity (Wildman–Crippen MR) is 496 cm³/mol. The van der Waals surface area contributed by atoms with E-state index in [1.54, 1.807) is 44.6 Å². The summed E-state index contributed by atoms with van der Waals surface area (Å²) < 4.78 is 25.1. The molecule has 0 aliphatic rings. The van der Waals surface area contributed by atoms with E-state index in [2.05, 4.69) is 83.1 Å². The molecule has 0 aliphatic carbocycles. The summed E-state index contributed by atoms with van der Waals surface area (Å²) in [5.41, 5.74) is 13.9. The van der Waals surface area contributed by atoms with Crippen molar-refractivity contribution in [2.24, 2.45) is 0 Å². The zero-order chi connectivity index (χ0) is 82.8. The number of hydrogen-bond acceptors (Lipinski definition) is 8. The molecule has 0 N–H and O–H groups in total. The van der Waals surface area contributed by atoms with Gasteiger partial charge < -0.3 is 0 Å². The molecule has 0 radical (unpaired) electrons. The average Bonchev–Trinajstić information content (AvgIpc) is 0.826. The number of carbonyl (C=O) groups excluding carboxylic acids is 4. The van der Waals surface area contributed by atoms with Gasteiger partial charge in [0, 0.05) is 0 Å². The minimum Gasteiger partial charge on any atom is -0.0654 e. The Labute approximate surface area is 711 Å². The van der Waals surface area contributed by atoms with Crippen molar-refractivity contribution in [2.45, 2.75) is 597 Å². The zero-order valence-electron chi connectivity index (χ0n) is 78.3. The standard InChI is InChI=1S/4C26H50O2.Sn/c4*1-4-7-10-11-13-16-21-24(19-8-5-2)25(20-9-6-3)22-17-14-12-15-18-23-26(27)28;/h4*4-23H2,1-3H3,(H,27,28);/q;;;;+4/p-4/b4*25-24-;. The van der Waals surface area contributed by atoms with Crippen LogP contribution in [0.4, 0.5) is 0 Å². The van der Waals surface area contributed by atoms with E-state index in [-0.39, 0.29) is 25.7 Å². The van der Waals surface area contributed by atoms with Crippen LogP contribution in [0.25, 0.3) is 0 Å². The number of unbranched alkanes of at least 4 members (excludes halogenated alkanes) is 44. The molecule has 0 rings (SSSR count). The summed E-state index contributed by atoms with van der Waals surface area (Å²) in [5, 5.41) is 0. The Hall–Kier alpha value is -2.36. The average molecular weight is 1690 g/mol. The van der Waals surface area contributed by atoms with Crippen molar-refractivity contribution in [3.63, 3.8) is 0 Å².